The van der Waals surface area contributed by atoms with Gasteiger partial charge in [0, 0.05) is 13.0 Å². The van der Waals surface area contributed by atoms with Gasteiger partial charge in [-0.05, 0) is 38.1 Å². The average Bonchev–Trinajstić information content (AvgIpc) is 2.38. The molecule has 0 spiro atoms. The van der Waals surface area contributed by atoms with Crippen molar-refractivity contribution in [3.05, 3.63) is 0 Å². The van der Waals surface area contributed by atoms with Crippen molar-refractivity contribution in [1.82, 2.24) is 5.32 Å². The Morgan fingerprint density at radius 3 is 2.41 bits per heavy atom. The predicted octanol–water partition coefficient (Wildman–Crippen LogP) is 2.64. The molecule has 1 heterocycles. The molecule has 3 nitrogen and oxygen atoms in total. The second-order valence-electron chi connectivity index (χ2n) is 5.53. The Hall–Kier alpha value is -0.570. The Morgan fingerprint density at radius 1 is 1.12 bits per heavy atom. The van der Waals surface area contributed by atoms with Crippen LogP contribution in [0.25, 0.3) is 0 Å². The van der Waals surface area contributed by atoms with E-state index in [1.54, 1.807) is 6.92 Å². The van der Waals surface area contributed by atoms with E-state index in [9.17, 15) is 4.79 Å². The Balaban J connectivity index is 1.97. The maximum Gasteiger partial charge on any atom is 0.302 e. The van der Waals surface area contributed by atoms with Crippen LogP contribution in [0.15, 0.2) is 0 Å². The van der Waals surface area contributed by atoms with Crippen molar-refractivity contribution in [1.29, 1.82) is 0 Å². The summed E-state index contributed by atoms with van der Waals surface area (Å²) < 4.78 is 5.63. The average molecular weight is 239 g/mol. The lowest BCUT2D eigenvalue weighted by molar-refractivity contribution is -0.152. The molecule has 17 heavy (non-hydrogen) atoms. The fourth-order valence-electron chi connectivity index (χ4n) is 3.32. The van der Waals surface area contributed by atoms with Crippen molar-refractivity contribution in [3.8, 4) is 0 Å². The summed E-state index contributed by atoms with van der Waals surface area (Å²) in [6.45, 7) is 2.62. The fraction of sp³-hybridized carbons (Fsp3) is 0.929. The molecule has 2 atom stereocenters. The summed E-state index contributed by atoms with van der Waals surface area (Å²) in [6, 6.07) is 0.399. The number of carbonyl (C=O) groups is 1. The molecule has 1 aliphatic carbocycles. The molecule has 1 saturated heterocycles. The molecule has 0 aromatic heterocycles. The van der Waals surface area contributed by atoms with Crippen LogP contribution in [0, 0.1) is 5.92 Å². The molecule has 2 unspecified atom stereocenters. The Bertz CT molecular complexity index is 225. The van der Waals surface area contributed by atoms with Gasteiger partial charge in [0.15, 0.2) is 0 Å². The van der Waals surface area contributed by atoms with Gasteiger partial charge >= 0.3 is 5.97 Å². The number of piperidine rings is 1. The number of esters is 1. The zero-order valence-corrected chi connectivity index (χ0v) is 10.9. The van der Waals surface area contributed by atoms with Crippen LogP contribution in [0.5, 0.6) is 0 Å². The zero-order chi connectivity index (χ0) is 12.1. The normalized spacial score (nSPS) is 28.6. The smallest absolute Gasteiger partial charge is 0.302 e. The molecule has 3 heteroatoms. The Labute approximate surface area is 104 Å². The molecule has 1 aliphatic heterocycles. The predicted molar refractivity (Wildman–Crippen MR) is 67.8 cm³/mol. The number of carbonyl (C=O) groups excluding carboxylic acids is 1. The fourth-order valence-corrected chi connectivity index (χ4v) is 3.32. The van der Waals surface area contributed by atoms with Gasteiger partial charge in [0.25, 0.3) is 0 Å². The second kappa shape index (κ2) is 6.39. The zero-order valence-electron chi connectivity index (χ0n) is 10.9. The number of nitrogens with one attached hydrogen (secondary N) is 1. The van der Waals surface area contributed by atoms with Gasteiger partial charge in [-0.3, -0.25) is 4.79 Å². The topological polar surface area (TPSA) is 38.3 Å². The van der Waals surface area contributed by atoms with E-state index in [4.69, 9.17) is 4.74 Å². The van der Waals surface area contributed by atoms with Crippen molar-refractivity contribution in [2.75, 3.05) is 6.54 Å². The monoisotopic (exact) mass is 239 g/mol. The summed E-state index contributed by atoms with van der Waals surface area (Å²) >= 11 is 0. The minimum atomic E-state index is -0.118. The van der Waals surface area contributed by atoms with Crippen LogP contribution in [-0.2, 0) is 9.53 Å². The summed E-state index contributed by atoms with van der Waals surface area (Å²) in [5, 5.41) is 3.54. The highest BCUT2D eigenvalue weighted by molar-refractivity contribution is 5.66. The lowest BCUT2D eigenvalue weighted by Gasteiger charge is -2.37. The first-order chi connectivity index (χ1) is 8.27. The van der Waals surface area contributed by atoms with Gasteiger partial charge in [0.2, 0.25) is 0 Å². The third-order valence-electron chi connectivity index (χ3n) is 4.16. The van der Waals surface area contributed by atoms with Gasteiger partial charge in [-0.15, -0.1) is 0 Å². The van der Waals surface area contributed by atoms with Crippen molar-refractivity contribution >= 4 is 5.97 Å². The largest absolute Gasteiger partial charge is 0.461 e. The minimum absolute atomic E-state index is 0.118. The van der Waals surface area contributed by atoms with E-state index in [2.05, 4.69) is 5.32 Å². The van der Waals surface area contributed by atoms with Crippen molar-refractivity contribution < 1.29 is 9.53 Å². The van der Waals surface area contributed by atoms with E-state index < -0.39 is 0 Å². The first kappa shape index (κ1) is 12.9. The molecule has 0 bridgehead atoms. The molecule has 1 N–H and O–H groups in total. The van der Waals surface area contributed by atoms with Crippen molar-refractivity contribution in [3.63, 3.8) is 0 Å². The van der Waals surface area contributed by atoms with Crippen LogP contribution in [0.3, 0.4) is 0 Å². The highest BCUT2D eigenvalue weighted by atomic mass is 16.5. The van der Waals surface area contributed by atoms with Crippen LogP contribution in [0.1, 0.15) is 58.3 Å². The van der Waals surface area contributed by atoms with E-state index >= 15 is 0 Å². The van der Waals surface area contributed by atoms with Crippen LogP contribution >= 0.6 is 0 Å². The molecule has 2 fully saturated rings. The summed E-state index contributed by atoms with van der Waals surface area (Å²) in [7, 11) is 0. The molecule has 0 aromatic rings. The van der Waals surface area contributed by atoms with Crippen LogP contribution < -0.4 is 5.32 Å². The first-order valence-electron chi connectivity index (χ1n) is 7.18. The molecule has 2 aliphatic rings. The summed E-state index contributed by atoms with van der Waals surface area (Å²) in [5.41, 5.74) is 0. The Morgan fingerprint density at radius 2 is 1.82 bits per heavy atom. The molecule has 0 amide bonds. The van der Waals surface area contributed by atoms with Crippen LogP contribution in [0.4, 0.5) is 0 Å². The van der Waals surface area contributed by atoms with Crippen molar-refractivity contribution in [2.45, 2.75) is 70.4 Å². The molecule has 0 aromatic carbocycles. The van der Waals surface area contributed by atoms with E-state index in [0.717, 1.165) is 13.0 Å². The third-order valence-corrected chi connectivity index (χ3v) is 4.16. The van der Waals surface area contributed by atoms with Gasteiger partial charge in [0.1, 0.15) is 6.10 Å². The SMILES string of the molecule is CC(=O)OC(C1CCCCC1)C1CCCCN1. The first-order valence-corrected chi connectivity index (χ1v) is 7.18. The van der Waals surface area contributed by atoms with E-state index in [1.807, 2.05) is 0 Å². The maximum absolute atomic E-state index is 11.3. The van der Waals surface area contributed by atoms with Gasteiger partial charge in [0.05, 0.1) is 0 Å². The molecular formula is C14H25NO2. The quantitative estimate of drug-likeness (QED) is 0.769. The molecule has 2 rings (SSSR count). The number of hydrogen-bond donors (Lipinski definition) is 1. The van der Waals surface area contributed by atoms with E-state index in [1.165, 1.54) is 44.9 Å². The number of ether oxygens (including phenoxy) is 1. The lowest BCUT2D eigenvalue weighted by Crippen LogP contribution is -2.48. The van der Waals surface area contributed by atoms with Gasteiger partial charge in [-0.1, -0.05) is 25.7 Å². The molecule has 98 valence electrons. The Kier molecular flexibility index (Phi) is 4.84. The lowest BCUT2D eigenvalue weighted by atomic mass is 9.81. The maximum atomic E-state index is 11.3. The van der Waals surface area contributed by atoms with E-state index in [-0.39, 0.29) is 12.1 Å². The van der Waals surface area contributed by atoms with Gasteiger partial charge in [-0.2, -0.15) is 0 Å². The summed E-state index contributed by atoms with van der Waals surface area (Å²) in [6.07, 6.45) is 10.2. The number of hydrogen-bond acceptors (Lipinski definition) is 3. The highest BCUT2D eigenvalue weighted by Gasteiger charge is 2.33. The van der Waals surface area contributed by atoms with Gasteiger partial charge in [-0.25, -0.2) is 0 Å². The number of rotatable bonds is 3. The molecular weight excluding hydrogens is 214 g/mol. The van der Waals surface area contributed by atoms with Crippen LogP contribution in [0.2, 0.25) is 0 Å². The second-order valence-corrected chi connectivity index (χ2v) is 5.53. The third kappa shape index (κ3) is 3.70. The minimum Gasteiger partial charge on any atom is -0.461 e. The van der Waals surface area contributed by atoms with Crippen LogP contribution in [-0.4, -0.2) is 24.7 Å². The van der Waals surface area contributed by atoms with Crippen molar-refractivity contribution in [2.24, 2.45) is 5.92 Å². The van der Waals surface area contributed by atoms with Gasteiger partial charge < -0.3 is 10.1 Å². The molecule has 1 saturated carbocycles. The highest BCUT2D eigenvalue weighted by Crippen LogP contribution is 2.31. The summed E-state index contributed by atoms with van der Waals surface area (Å²) in [5.74, 6) is 0.469. The molecule has 0 radical (unpaired) electrons. The summed E-state index contributed by atoms with van der Waals surface area (Å²) in [4.78, 5) is 11.3. The standard InChI is InChI=1S/C14H25NO2/c1-11(16)17-14(12-7-3-2-4-8-12)13-9-5-6-10-15-13/h12-15H,2-10H2,1H3. The van der Waals surface area contributed by atoms with E-state index in [0.29, 0.717) is 12.0 Å².